The van der Waals surface area contributed by atoms with Crippen molar-refractivity contribution in [3.05, 3.63) is 132 Å². The van der Waals surface area contributed by atoms with Gasteiger partial charge >= 0.3 is 0 Å². The van der Waals surface area contributed by atoms with Gasteiger partial charge in [0, 0.05) is 40.4 Å². The maximum absolute atomic E-state index is 6.58. The predicted molar refractivity (Wildman–Crippen MR) is 194 cm³/mol. The fourth-order valence-electron chi connectivity index (χ4n) is 6.75. The van der Waals surface area contributed by atoms with Crippen LogP contribution in [-0.2, 0) is 12.8 Å². The third kappa shape index (κ3) is 6.06. The molecule has 0 aliphatic rings. The number of aryl methyl sites for hydroxylation is 3. The quantitative estimate of drug-likeness (QED) is 0.145. The fraction of sp³-hybridized carbons (Fsp3) is 0.238. The van der Waals surface area contributed by atoms with Crippen LogP contribution < -0.4 is 4.74 Å². The number of hydrogen-bond acceptors (Lipinski definition) is 3. The molecule has 0 atom stereocenters. The summed E-state index contributed by atoms with van der Waals surface area (Å²) in [6, 6.07) is 36.4. The van der Waals surface area contributed by atoms with Crippen LogP contribution in [-0.4, -0.2) is 19.3 Å². The van der Waals surface area contributed by atoms with E-state index in [9.17, 15) is 0 Å². The van der Waals surface area contributed by atoms with E-state index in [1.54, 1.807) is 0 Å². The first-order valence-corrected chi connectivity index (χ1v) is 17.0. The molecule has 3 aromatic heterocycles. The van der Waals surface area contributed by atoms with Gasteiger partial charge in [-0.05, 0) is 105 Å². The number of nitrogens with zero attached hydrogens (tertiary/aromatic N) is 4. The van der Waals surface area contributed by atoms with Crippen molar-refractivity contribution >= 4 is 21.8 Å². The molecule has 0 spiro atoms. The van der Waals surface area contributed by atoms with Gasteiger partial charge in [0.15, 0.2) is 0 Å². The molecule has 0 N–H and O–H groups in total. The van der Waals surface area contributed by atoms with E-state index in [4.69, 9.17) is 14.8 Å². The zero-order valence-electron chi connectivity index (χ0n) is 27.8. The zero-order valence-corrected chi connectivity index (χ0v) is 27.8. The lowest BCUT2D eigenvalue weighted by atomic mass is 10.0. The Balaban J connectivity index is 1.28. The molecule has 5 nitrogen and oxygen atoms in total. The van der Waals surface area contributed by atoms with Gasteiger partial charge in [-0.25, -0.2) is 9.67 Å². The molecule has 0 bridgehead atoms. The molecule has 0 aliphatic carbocycles. The first-order valence-electron chi connectivity index (χ1n) is 17.0. The normalized spacial score (nSPS) is 11.5. The second-order valence-corrected chi connectivity index (χ2v) is 12.5. The minimum absolute atomic E-state index is 0.764. The highest BCUT2D eigenvalue weighted by molar-refractivity contribution is 6.09. The van der Waals surface area contributed by atoms with Gasteiger partial charge in [-0.2, -0.15) is 5.10 Å². The first-order chi connectivity index (χ1) is 23.0. The zero-order chi connectivity index (χ0) is 32.3. The predicted octanol–water partition coefficient (Wildman–Crippen LogP) is 11.1. The van der Waals surface area contributed by atoms with Crippen molar-refractivity contribution in [2.75, 3.05) is 0 Å². The SMILES string of the molecule is CCCCc1ccnc(-n2c3ccc(CCCC)cc3c3ccc(Oc4cccc(-n5nc(C)c(-c6ccccc6)c5C)c4)cc32)c1. The van der Waals surface area contributed by atoms with E-state index < -0.39 is 0 Å². The van der Waals surface area contributed by atoms with Crippen LogP contribution in [0, 0.1) is 13.8 Å². The molecule has 236 valence electrons. The molecular weight excluding hydrogens is 576 g/mol. The molecule has 0 saturated carbocycles. The van der Waals surface area contributed by atoms with E-state index >= 15 is 0 Å². The van der Waals surface area contributed by atoms with E-state index in [2.05, 4.69) is 117 Å². The summed E-state index contributed by atoms with van der Waals surface area (Å²) in [4.78, 5) is 4.87. The molecular formula is C42H42N4O. The van der Waals surface area contributed by atoms with Crippen molar-refractivity contribution in [1.29, 1.82) is 0 Å². The Labute approximate surface area is 277 Å². The maximum Gasteiger partial charge on any atom is 0.137 e. The van der Waals surface area contributed by atoms with E-state index in [1.165, 1.54) is 64.2 Å². The minimum Gasteiger partial charge on any atom is -0.457 e. The summed E-state index contributed by atoms with van der Waals surface area (Å²) in [6.07, 6.45) is 8.79. The summed E-state index contributed by atoms with van der Waals surface area (Å²) in [5.74, 6) is 2.49. The Kier molecular flexibility index (Phi) is 8.62. The summed E-state index contributed by atoms with van der Waals surface area (Å²) in [6.45, 7) is 8.68. The third-order valence-corrected chi connectivity index (χ3v) is 9.13. The largest absolute Gasteiger partial charge is 0.457 e. The van der Waals surface area contributed by atoms with Crippen LogP contribution in [0.4, 0.5) is 0 Å². The standard InChI is InChI=1S/C42H42N4O/c1-5-7-13-31-19-22-39-38(25-31)37-21-20-36(28-40(37)45(39)41-26-32(14-8-6-2)23-24-43-41)47-35-18-12-17-34(27-35)46-30(4)42(29(3)44-46)33-15-10-9-11-16-33/h9-12,15-28H,5-8,13-14H2,1-4H3. The molecule has 3 heterocycles. The van der Waals surface area contributed by atoms with Crippen molar-refractivity contribution in [1.82, 2.24) is 19.3 Å². The number of hydrogen-bond donors (Lipinski definition) is 0. The monoisotopic (exact) mass is 618 g/mol. The summed E-state index contributed by atoms with van der Waals surface area (Å²) in [5, 5.41) is 7.37. The number of unbranched alkanes of at least 4 members (excludes halogenated alkanes) is 2. The van der Waals surface area contributed by atoms with Crippen molar-refractivity contribution in [3.63, 3.8) is 0 Å². The molecule has 47 heavy (non-hydrogen) atoms. The van der Waals surface area contributed by atoms with Gasteiger partial charge in [-0.3, -0.25) is 4.57 Å². The Hall–Kier alpha value is -5.16. The molecule has 0 unspecified atom stereocenters. The molecule has 7 rings (SSSR count). The summed E-state index contributed by atoms with van der Waals surface area (Å²) in [7, 11) is 0. The van der Waals surface area contributed by atoms with E-state index in [1.807, 2.05) is 29.1 Å². The lowest BCUT2D eigenvalue weighted by Crippen LogP contribution is -2.00. The maximum atomic E-state index is 6.58. The number of fused-ring (bicyclic) bond motifs is 3. The van der Waals surface area contributed by atoms with Crippen LogP contribution in [0.1, 0.15) is 62.0 Å². The topological polar surface area (TPSA) is 44.9 Å². The Morgan fingerprint density at radius 2 is 1.43 bits per heavy atom. The van der Waals surface area contributed by atoms with Gasteiger partial charge in [0.1, 0.15) is 17.3 Å². The van der Waals surface area contributed by atoms with E-state index in [0.717, 1.165) is 52.8 Å². The van der Waals surface area contributed by atoms with E-state index in [0.29, 0.717) is 0 Å². The average molecular weight is 619 g/mol. The van der Waals surface area contributed by atoms with Gasteiger partial charge in [-0.15, -0.1) is 0 Å². The summed E-state index contributed by atoms with van der Waals surface area (Å²) < 4.78 is 10.9. The molecule has 0 radical (unpaired) electrons. The third-order valence-electron chi connectivity index (χ3n) is 9.13. The summed E-state index contributed by atoms with van der Waals surface area (Å²) >= 11 is 0. The fourth-order valence-corrected chi connectivity index (χ4v) is 6.75. The Bertz CT molecular complexity index is 2170. The van der Waals surface area contributed by atoms with Crippen LogP contribution in [0.15, 0.2) is 109 Å². The van der Waals surface area contributed by atoms with Crippen LogP contribution in [0.5, 0.6) is 11.5 Å². The molecule has 0 aliphatic heterocycles. The number of aromatic nitrogens is 4. The average Bonchev–Trinajstić information content (AvgIpc) is 3.59. The van der Waals surface area contributed by atoms with Crippen molar-refractivity contribution in [2.45, 2.75) is 66.2 Å². The highest BCUT2D eigenvalue weighted by Gasteiger charge is 2.17. The van der Waals surface area contributed by atoms with Crippen molar-refractivity contribution in [2.24, 2.45) is 0 Å². The van der Waals surface area contributed by atoms with Crippen molar-refractivity contribution < 1.29 is 4.74 Å². The van der Waals surface area contributed by atoms with Crippen LogP contribution in [0.25, 0.3) is 44.4 Å². The smallest absolute Gasteiger partial charge is 0.137 e. The molecule has 0 saturated heterocycles. The second-order valence-electron chi connectivity index (χ2n) is 12.5. The number of pyridine rings is 1. The molecule has 0 fully saturated rings. The molecule has 5 heteroatoms. The molecule has 0 amide bonds. The van der Waals surface area contributed by atoms with Crippen LogP contribution in [0.2, 0.25) is 0 Å². The first kappa shape index (κ1) is 30.5. The second kappa shape index (κ2) is 13.3. The minimum atomic E-state index is 0.764. The summed E-state index contributed by atoms with van der Waals surface area (Å²) in [5.41, 5.74) is 10.4. The molecule has 4 aromatic carbocycles. The Morgan fingerprint density at radius 3 is 2.21 bits per heavy atom. The molecule has 7 aromatic rings. The van der Waals surface area contributed by atoms with Crippen molar-refractivity contribution in [3.8, 4) is 34.1 Å². The lowest BCUT2D eigenvalue weighted by Gasteiger charge is -2.11. The number of benzene rings is 4. The van der Waals surface area contributed by atoms with Gasteiger partial charge < -0.3 is 4.74 Å². The lowest BCUT2D eigenvalue weighted by molar-refractivity contribution is 0.482. The van der Waals surface area contributed by atoms with Gasteiger partial charge in [0.05, 0.1) is 22.4 Å². The highest BCUT2D eigenvalue weighted by Crippen LogP contribution is 2.36. The highest BCUT2D eigenvalue weighted by atomic mass is 16.5. The van der Waals surface area contributed by atoms with Crippen LogP contribution in [0.3, 0.4) is 0 Å². The van der Waals surface area contributed by atoms with Gasteiger partial charge in [0.2, 0.25) is 0 Å². The van der Waals surface area contributed by atoms with Gasteiger partial charge in [-0.1, -0.05) is 69.2 Å². The van der Waals surface area contributed by atoms with E-state index in [-0.39, 0.29) is 0 Å². The van der Waals surface area contributed by atoms with Gasteiger partial charge in [0.25, 0.3) is 0 Å². The van der Waals surface area contributed by atoms with Crippen LogP contribution >= 0.6 is 0 Å². The number of rotatable bonds is 11. The number of ether oxygens (including phenoxy) is 1. The Morgan fingerprint density at radius 1 is 0.660 bits per heavy atom.